The van der Waals surface area contributed by atoms with Gasteiger partial charge in [0.1, 0.15) is 5.52 Å². The summed E-state index contributed by atoms with van der Waals surface area (Å²) in [7, 11) is 0. The summed E-state index contributed by atoms with van der Waals surface area (Å²) in [5.41, 5.74) is 7.41. The molecule has 2 rings (SSSR count). The predicted molar refractivity (Wildman–Crippen MR) is 53.1 cm³/mol. The Morgan fingerprint density at radius 1 is 1.57 bits per heavy atom. The van der Waals surface area contributed by atoms with Gasteiger partial charge in [0.2, 0.25) is 0 Å². The first kappa shape index (κ1) is 8.74. The fourth-order valence-corrected chi connectivity index (χ4v) is 1.34. The van der Waals surface area contributed by atoms with Crippen LogP contribution in [-0.2, 0) is 0 Å². The van der Waals surface area contributed by atoms with Gasteiger partial charge in [0.25, 0.3) is 6.01 Å². The summed E-state index contributed by atoms with van der Waals surface area (Å²) in [6.07, 6.45) is 0. The Hall–Kier alpha value is -1.84. The Balaban J connectivity index is 2.87. The zero-order chi connectivity index (χ0) is 10.3. The second-order valence-corrected chi connectivity index (χ2v) is 3.11. The predicted octanol–water partition coefficient (Wildman–Crippen LogP) is 2.58. The first-order chi connectivity index (χ1) is 6.59. The second kappa shape index (κ2) is 2.83. The van der Waals surface area contributed by atoms with Crippen molar-refractivity contribution in [2.75, 3.05) is 5.73 Å². The molecule has 0 amide bonds. The van der Waals surface area contributed by atoms with Gasteiger partial charge in [-0.3, -0.25) is 0 Å². The van der Waals surface area contributed by atoms with Crippen LogP contribution < -0.4 is 5.73 Å². The second-order valence-electron chi connectivity index (χ2n) is 3.11. The Kier molecular flexibility index (Phi) is 1.77. The van der Waals surface area contributed by atoms with Crippen molar-refractivity contribution in [1.82, 2.24) is 4.98 Å². The van der Waals surface area contributed by atoms with Crippen LogP contribution in [0, 0.1) is 5.82 Å². The molecule has 0 spiro atoms. The van der Waals surface area contributed by atoms with Crippen molar-refractivity contribution in [2.24, 2.45) is 0 Å². The molecule has 3 nitrogen and oxygen atoms in total. The van der Waals surface area contributed by atoms with E-state index in [1.807, 2.05) is 6.92 Å². The number of oxazole rings is 1. The molecule has 2 aromatic rings. The number of hydrogen-bond acceptors (Lipinski definition) is 3. The third kappa shape index (κ3) is 1.16. The molecule has 0 bridgehead atoms. The molecule has 72 valence electrons. The van der Waals surface area contributed by atoms with E-state index in [-0.39, 0.29) is 11.6 Å². The van der Waals surface area contributed by atoms with Crippen LogP contribution in [0.4, 0.5) is 10.4 Å². The number of nitrogens with two attached hydrogens (primary N) is 1. The van der Waals surface area contributed by atoms with Gasteiger partial charge in [0.05, 0.1) is 0 Å². The first-order valence-corrected chi connectivity index (χ1v) is 4.10. The summed E-state index contributed by atoms with van der Waals surface area (Å²) in [5, 5.41) is 0. The molecular weight excluding hydrogens is 183 g/mol. The maximum Gasteiger partial charge on any atom is 0.293 e. The minimum absolute atomic E-state index is 0.0346. The van der Waals surface area contributed by atoms with Crippen LogP contribution in [0.1, 0.15) is 12.5 Å². The zero-order valence-corrected chi connectivity index (χ0v) is 7.67. The van der Waals surface area contributed by atoms with Gasteiger partial charge in [-0.2, -0.15) is 4.98 Å². The molecule has 0 aliphatic heterocycles. The van der Waals surface area contributed by atoms with Crippen LogP contribution in [-0.4, -0.2) is 4.98 Å². The molecule has 0 saturated carbocycles. The number of nitrogens with zero attached hydrogens (tertiary/aromatic N) is 1. The van der Waals surface area contributed by atoms with E-state index in [1.54, 1.807) is 6.07 Å². The lowest BCUT2D eigenvalue weighted by Gasteiger charge is -1.99. The van der Waals surface area contributed by atoms with Gasteiger partial charge in [0.15, 0.2) is 11.4 Å². The zero-order valence-electron chi connectivity index (χ0n) is 7.67. The van der Waals surface area contributed by atoms with Crippen LogP contribution in [0.3, 0.4) is 0 Å². The van der Waals surface area contributed by atoms with Crippen molar-refractivity contribution >= 4 is 22.7 Å². The third-order valence-electron chi connectivity index (χ3n) is 1.97. The van der Waals surface area contributed by atoms with Crippen molar-refractivity contribution in [3.63, 3.8) is 0 Å². The molecule has 1 aromatic carbocycles. The van der Waals surface area contributed by atoms with Gasteiger partial charge in [0, 0.05) is 5.56 Å². The lowest BCUT2D eigenvalue weighted by Crippen LogP contribution is -1.85. The van der Waals surface area contributed by atoms with Gasteiger partial charge in [-0.15, -0.1) is 0 Å². The number of halogens is 1. The van der Waals surface area contributed by atoms with E-state index in [0.717, 1.165) is 11.1 Å². The Morgan fingerprint density at radius 3 is 2.93 bits per heavy atom. The third-order valence-corrected chi connectivity index (χ3v) is 1.97. The van der Waals surface area contributed by atoms with Crippen molar-refractivity contribution in [3.05, 3.63) is 30.1 Å². The normalized spacial score (nSPS) is 10.7. The highest BCUT2D eigenvalue weighted by Gasteiger charge is 2.12. The monoisotopic (exact) mass is 192 g/mol. The molecule has 0 unspecified atom stereocenters. The molecule has 1 aromatic heterocycles. The van der Waals surface area contributed by atoms with Gasteiger partial charge in [-0.05, 0) is 24.6 Å². The topological polar surface area (TPSA) is 52.0 Å². The average Bonchev–Trinajstić information content (AvgIpc) is 2.47. The number of hydrogen-bond donors (Lipinski definition) is 1. The Bertz CT molecular complexity index is 516. The molecule has 0 fully saturated rings. The van der Waals surface area contributed by atoms with Crippen LogP contribution in [0.2, 0.25) is 0 Å². The van der Waals surface area contributed by atoms with Crippen LogP contribution in [0.15, 0.2) is 23.1 Å². The lowest BCUT2D eigenvalue weighted by atomic mass is 10.1. The fraction of sp³-hybridized carbons (Fsp3) is 0.100. The SMILES string of the molecule is C=C(C)c1ccc(F)c2oc(N)nc12. The lowest BCUT2D eigenvalue weighted by molar-refractivity contribution is 0.567. The van der Waals surface area contributed by atoms with Crippen molar-refractivity contribution < 1.29 is 8.81 Å². The van der Waals surface area contributed by atoms with Gasteiger partial charge < -0.3 is 10.2 Å². The number of rotatable bonds is 1. The fourth-order valence-electron chi connectivity index (χ4n) is 1.34. The highest BCUT2D eigenvalue weighted by atomic mass is 19.1. The summed E-state index contributed by atoms with van der Waals surface area (Å²) in [4.78, 5) is 3.91. The highest BCUT2D eigenvalue weighted by Crippen LogP contribution is 2.27. The van der Waals surface area contributed by atoms with E-state index in [1.165, 1.54) is 6.07 Å². The van der Waals surface area contributed by atoms with E-state index in [0.29, 0.717) is 5.52 Å². The quantitative estimate of drug-likeness (QED) is 0.755. The largest absolute Gasteiger partial charge is 0.421 e. The van der Waals surface area contributed by atoms with Crippen molar-refractivity contribution in [1.29, 1.82) is 0 Å². The van der Waals surface area contributed by atoms with Gasteiger partial charge >= 0.3 is 0 Å². The highest BCUT2D eigenvalue weighted by molar-refractivity contribution is 5.88. The van der Waals surface area contributed by atoms with E-state index in [4.69, 9.17) is 10.2 Å². The van der Waals surface area contributed by atoms with E-state index in [2.05, 4.69) is 11.6 Å². The molecule has 4 heteroatoms. The molecule has 14 heavy (non-hydrogen) atoms. The summed E-state index contributed by atoms with van der Waals surface area (Å²) in [6.45, 7) is 5.59. The number of allylic oxidation sites excluding steroid dienone is 1. The standard InChI is InChI=1S/C10H9FN2O/c1-5(2)6-3-4-7(11)9-8(6)13-10(12)14-9/h3-4H,1H2,2H3,(H2,12,13). The first-order valence-electron chi connectivity index (χ1n) is 4.10. The van der Waals surface area contributed by atoms with Crippen LogP contribution in [0.25, 0.3) is 16.7 Å². The molecule has 0 saturated heterocycles. The smallest absolute Gasteiger partial charge is 0.293 e. The molecule has 0 atom stereocenters. The Labute approximate surface area is 80.0 Å². The maximum absolute atomic E-state index is 13.2. The van der Waals surface area contributed by atoms with E-state index >= 15 is 0 Å². The summed E-state index contributed by atoms with van der Waals surface area (Å²) >= 11 is 0. The van der Waals surface area contributed by atoms with Crippen molar-refractivity contribution in [2.45, 2.75) is 6.92 Å². The number of fused-ring (bicyclic) bond motifs is 1. The van der Waals surface area contributed by atoms with Gasteiger partial charge in [-0.25, -0.2) is 4.39 Å². The summed E-state index contributed by atoms with van der Waals surface area (Å²) in [5.74, 6) is -0.464. The number of benzene rings is 1. The Morgan fingerprint density at radius 2 is 2.29 bits per heavy atom. The number of aromatic nitrogens is 1. The molecule has 2 N–H and O–H groups in total. The number of anilines is 1. The maximum atomic E-state index is 13.2. The van der Waals surface area contributed by atoms with Crippen LogP contribution >= 0.6 is 0 Å². The van der Waals surface area contributed by atoms with Gasteiger partial charge in [-0.1, -0.05) is 6.58 Å². The molecule has 0 radical (unpaired) electrons. The van der Waals surface area contributed by atoms with E-state index in [9.17, 15) is 4.39 Å². The molecular formula is C10H9FN2O. The molecule has 0 aliphatic rings. The van der Waals surface area contributed by atoms with Crippen molar-refractivity contribution in [3.8, 4) is 0 Å². The summed E-state index contributed by atoms with van der Waals surface area (Å²) in [6, 6.07) is 2.89. The van der Waals surface area contributed by atoms with E-state index < -0.39 is 5.82 Å². The van der Waals surface area contributed by atoms with Crippen LogP contribution in [0.5, 0.6) is 0 Å². The summed E-state index contributed by atoms with van der Waals surface area (Å²) < 4.78 is 18.2. The molecule has 1 heterocycles. The number of nitrogen functional groups attached to an aromatic ring is 1. The minimum Gasteiger partial charge on any atom is -0.421 e. The minimum atomic E-state index is -0.464. The average molecular weight is 192 g/mol. The molecule has 0 aliphatic carbocycles.